The van der Waals surface area contributed by atoms with Crippen molar-refractivity contribution in [1.82, 2.24) is 19.9 Å². The van der Waals surface area contributed by atoms with E-state index in [1.54, 1.807) is 6.20 Å². The fraction of sp³-hybridized carbons (Fsp3) is 0.105. The molecule has 4 rings (SSSR count). The quantitative estimate of drug-likeness (QED) is 0.463. The van der Waals surface area contributed by atoms with Crippen LogP contribution in [0.4, 0.5) is 24.8 Å². The summed E-state index contributed by atoms with van der Waals surface area (Å²) in [7, 11) is 0. The number of halogens is 3. The second-order valence-electron chi connectivity index (χ2n) is 6.09. The number of hydrogen-bond donors (Lipinski definition) is 2. The third-order valence-corrected chi connectivity index (χ3v) is 4.98. The summed E-state index contributed by atoms with van der Waals surface area (Å²) in [6, 6.07) is 10.3. The van der Waals surface area contributed by atoms with E-state index in [1.807, 2.05) is 43.5 Å². The maximum atomic E-state index is 12.8. The zero-order chi connectivity index (χ0) is 19.7. The first-order chi connectivity index (χ1) is 13.4. The van der Waals surface area contributed by atoms with Crippen molar-refractivity contribution in [2.24, 2.45) is 0 Å². The molecule has 28 heavy (non-hydrogen) atoms. The van der Waals surface area contributed by atoms with Gasteiger partial charge < -0.3 is 10.3 Å². The predicted octanol–water partition coefficient (Wildman–Crippen LogP) is 5.67. The molecule has 1 aromatic carbocycles. The van der Waals surface area contributed by atoms with Gasteiger partial charge in [-0.05, 0) is 48.4 Å². The van der Waals surface area contributed by atoms with Crippen LogP contribution in [-0.4, -0.2) is 19.9 Å². The monoisotopic (exact) mass is 401 g/mol. The number of aryl methyl sites for hydroxylation is 1. The van der Waals surface area contributed by atoms with Crippen molar-refractivity contribution in [3.8, 4) is 21.1 Å². The highest BCUT2D eigenvalue weighted by Crippen LogP contribution is 2.34. The van der Waals surface area contributed by atoms with E-state index in [0.29, 0.717) is 5.69 Å². The van der Waals surface area contributed by atoms with E-state index in [0.717, 1.165) is 39.0 Å². The fourth-order valence-corrected chi connectivity index (χ4v) is 3.59. The second kappa shape index (κ2) is 7.08. The lowest BCUT2D eigenvalue weighted by molar-refractivity contribution is -0.141. The molecule has 2 N–H and O–H groups in total. The Kier molecular flexibility index (Phi) is 4.60. The van der Waals surface area contributed by atoms with Crippen molar-refractivity contribution < 1.29 is 13.2 Å². The number of hydrogen-bond acceptors (Lipinski definition) is 5. The number of aromatic nitrogens is 4. The van der Waals surface area contributed by atoms with Gasteiger partial charge in [-0.15, -0.1) is 11.3 Å². The molecule has 0 spiro atoms. The van der Waals surface area contributed by atoms with E-state index in [-0.39, 0.29) is 5.95 Å². The summed E-state index contributed by atoms with van der Waals surface area (Å²) in [6.45, 7) is 1.91. The first kappa shape index (κ1) is 18.2. The van der Waals surface area contributed by atoms with Crippen LogP contribution in [0.1, 0.15) is 11.3 Å². The second-order valence-corrected chi connectivity index (χ2v) is 7.12. The van der Waals surface area contributed by atoms with Crippen LogP contribution in [0.3, 0.4) is 0 Å². The average molecular weight is 401 g/mol. The molecular formula is C19H14F3N5S. The Balaban J connectivity index is 1.63. The molecule has 9 heteroatoms. The van der Waals surface area contributed by atoms with Gasteiger partial charge in [-0.3, -0.25) is 0 Å². The van der Waals surface area contributed by atoms with Crippen LogP contribution in [0.15, 0.2) is 55.0 Å². The van der Waals surface area contributed by atoms with Crippen molar-refractivity contribution in [3.05, 3.63) is 66.2 Å². The predicted molar refractivity (Wildman–Crippen MR) is 102 cm³/mol. The molecule has 5 nitrogen and oxygen atoms in total. The SMILES string of the molecule is Cc1cc(Nc2nccc(C(F)(F)F)n2)cc(-c2cnc(-c3ccc[nH]3)s2)c1. The summed E-state index contributed by atoms with van der Waals surface area (Å²) in [5.41, 5.74) is 2.39. The molecule has 142 valence electrons. The third-order valence-electron chi connectivity index (χ3n) is 3.90. The van der Waals surface area contributed by atoms with Gasteiger partial charge in [0.25, 0.3) is 0 Å². The van der Waals surface area contributed by atoms with E-state index in [9.17, 15) is 13.2 Å². The van der Waals surface area contributed by atoms with Crippen LogP contribution >= 0.6 is 11.3 Å². The van der Waals surface area contributed by atoms with Crippen molar-refractivity contribution in [2.75, 3.05) is 5.32 Å². The Labute approximate surface area is 162 Å². The van der Waals surface area contributed by atoms with Gasteiger partial charge in [-0.25, -0.2) is 15.0 Å². The van der Waals surface area contributed by atoms with Gasteiger partial charge in [-0.2, -0.15) is 13.2 Å². The van der Waals surface area contributed by atoms with Gasteiger partial charge in [-0.1, -0.05) is 6.07 Å². The zero-order valence-electron chi connectivity index (χ0n) is 14.6. The van der Waals surface area contributed by atoms with Crippen LogP contribution in [0.2, 0.25) is 0 Å². The number of anilines is 2. The Bertz CT molecular complexity index is 1100. The van der Waals surface area contributed by atoms with Gasteiger partial charge in [0.1, 0.15) is 10.7 Å². The van der Waals surface area contributed by atoms with Gasteiger partial charge >= 0.3 is 6.18 Å². The molecule has 0 aliphatic rings. The van der Waals surface area contributed by atoms with E-state index in [1.165, 1.54) is 11.3 Å². The minimum absolute atomic E-state index is 0.109. The molecule has 0 amide bonds. The smallest absolute Gasteiger partial charge is 0.359 e. The summed E-state index contributed by atoms with van der Waals surface area (Å²) >= 11 is 1.52. The molecule has 3 aromatic heterocycles. The number of benzene rings is 1. The normalized spacial score (nSPS) is 11.6. The first-order valence-corrected chi connectivity index (χ1v) is 9.09. The van der Waals surface area contributed by atoms with E-state index in [4.69, 9.17) is 0 Å². The molecule has 0 aliphatic carbocycles. The van der Waals surface area contributed by atoms with Crippen molar-refractivity contribution >= 4 is 23.0 Å². The summed E-state index contributed by atoms with van der Waals surface area (Å²) < 4.78 is 38.5. The zero-order valence-corrected chi connectivity index (χ0v) is 15.4. The Morgan fingerprint density at radius 3 is 2.71 bits per heavy atom. The minimum Gasteiger partial charge on any atom is -0.359 e. The van der Waals surface area contributed by atoms with Gasteiger partial charge in [0.15, 0.2) is 0 Å². The number of thiazole rings is 1. The van der Waals surface area contributed by atoms with Gasteiger partial charge in [0, 0.05) is 24.3 Å². The highest BCUT2D eigenvalue weighted by molar-refractivity contribution is 7.18. The lowest BCUT2D eigenvalue weighted by atomic mass is 10.1. The largest absolute Gasteiger partial charge is 0.433 e. The van der Waals surface area contributed by atoms with Crippen LogP contribution in [-0.2, 0) is 6.18 Å². The average Bonchev–Trinajstić information content (AvgIpc) is 3.32. The standard InChI is InChI=1S/C19H14F3N5S/c1-11-7-12(15-10-25-17(28-15)14-3-2-5-23-14)9-13(8-11)26-18-24-6-4-16(27-18)19(20,21)22/h2-10,23H,1H3,(H,24,26,27). The lowest BCUT2D eigenvalue weighted by Crippen LogP contribution is -2.10. The summed E-state index contributed by atoms with van der Waals surface area (Å²) in [5.74, 6) is -0.109. The summed E-state index contributed by atoms with van der Waals surface area (Å²) in [5, 5.41) is 3.72. The maximum Gasteiger partial charge on any atom is 0.433 e. The topological polar surface area (TPSA) is 66.5 Å². The maximum absolute atomic E-state index is 12.8. The first-order valence-electron chi connectivity index (χ1n) is 8.27. The molecule has 0 saturated carbocycles. The molecule has 3 heterocycles. The molecule has 0 fully saturated rings. The van der Waals surface area contributed by atoms with Crippen LogP contribution in [0.25, 0.3) is 21.1 Å². The Hall–Kier alpha value is -3.20. The molecule has 0 atom stereocenters. The molecule has 0 aliphatic heterocycles. The number of nitrogens with zero attached hydrogens (tertiary/aromatic N) is 3. The summed E-state index contributed by atoms with van der Waals surface area (Å²) in [4.78, 5) is 15.9. The summed E-state index contributed by atoms with van der Waals surface area (Å²) in [6.07, 6.45) is 0.176. The van der Waals surface area contributed by atoms with Crippen LogP contribution in [0.5, 0.6) is 0 Å². The van der Waals surface area contributed by atoms with Gasteiger partial charge in [0.2, 0.25) is 5.95 Å². The Morgan fingerprint density at radius 2 is 1.96 bits per heavy atom. The lowest BCUT2D eigenvalue weighted by Gasteiger charge is -2.10. The molecule has 0 radical (unpaired) electrons. The van der Waals surface area contributed by atoms with E-state index >= 15 is 0 Å². The molecule has 0 saturated heterocycles. The molecule has 4 aromatic rings. The number of aromatic amines is 1. The number of nitrogens with one attached hydrogen (secondary N) is 2. The molecular weight excluding hydrogens is 387 g/mol. The molecule has 0 unspecified atom stereocenters. The van der Waals surface area contributed by atoms with E-state index < -0.39 is 11.9 Å². The number of alkyl halides is 3. The highest BCUT2D eigenvalue weighted by atomic mass is 32.1. The van der Waals surface area contributed by atoms with Crippen molar-refractivity contribution in [3.63, 3.8) is 0 Å². The molecule has 0 bridgehead atoms. The van der Waals surface area contributed by atoms with Crippen molar-refractivity contribution in [1.29, 1.82) is 0 Å². The number of H-pyrrole nitrogens is 1. The van der Waals surface area contributed by atoms with Gasteiger partial charge in [0.05, 0.1) is 10.6 Å². The number of rotatable bonds is 4. The van der Waals surface area contributed by atoms with Crippen LogP contribution in [0, 0.1) is 6.92 Å². The minimum atomic E-state index is -4.52. The Morgan fingerprint density at radius 1 is 1.11 bits per heavy atom. The third kappa shape index (κ3) is 3.89. The fourth-order valence-electron chi connectivity index (χ4n) is 2.70. The van der Waals surface area contributed by atoms with Crippen LogP contribution < -0.4 is 5.32 Å². The van der Waals surface area contributed by atoms with E-state index in [2.05, 4.69) is 25.3 Å². The van der Waals surface area contributed by atoms with Crippen molar-refractivity contribution in [2.45, 2.75) is 13.1 Å². The highest BCUT2D eigenvalue weighted by Gasteiger charge is 2.32.